The minimum absolute atomic E-state index is 0.203. The van der Waals surface area contributed by atoms with Crippen LogP contribution in [0, 0.1) is 0 Å². The van der Waals surface area contributed by atoms with Crippen LogP contribution in [0.1, 0.15) is 0 Å². The van der Waals surface area contributed by atoms with Gasteiger partial charge in [0, 0.05) is 24.1 Å². The number of ether oxygens (including phenoxy) is 1. The van der Waals surface area contributed by atoms with Gasteiger partial charge in [0.15, 0.2) is 5.65 Å². The lowest BCUT2D eigenvalue weighted by Gasteiger charge is -2.12. The van der Waals surface area contributed by atoms with Gasteiger partial charge in [-0.15, -0.1) is 0 Å². The molecule has 0 saturated carbocycles. The average Bonchev–Trinajstić information content (AvgIpc) is 3.36. The van der Waals surface area contributed by atoms with Crippen LogP contribution in [0.2, 0.25) is 0 Å². The van der Waals surface area contributed by atoms with Gasteiger partial charge < -0.3 is 10.1 Å². The Hall–Kier alpha value is -4.98. The number of nitrogens with zero attached hydrogens (tertiary/aromatic N) is 4. The molecular weight excluding hydrogens is 428 g/mol. The lowest BCUT2D eigenvalue weighted by molar-refractivity contribution is 0.483. The van der Waals surface area contributed by atoms with E-state index >= 15 is 0 Å². The standard InChI is InChI=1S/C26H18N6O2/c33-25-22-16-28-31-23(22)21-15-27-26(30-24(21)32(25)18-9-3-1-4-10-18)29-17-8-7-13-20(14-17)34-19-11-5-2-6-12-19/h1-16H,(H,28,31)(H,27,29,30). The summed E-state index contributed by atoms with van der Waals surface area (Å²) < 4.78 is 7.50. The van der Waals surface area contributed by atoms with Crippen LogP contribution in [-0.4, -0.2) is 24.7 Å². The third kappa shape index (κ3) is 3.53. The van der Waals surface area contributed by atoms with Crippen LogP contribution in [-0.2, 0) is 0 Å². The molecule has 0 aliphatic heterocycles. The Kier molecular flexibility index (Phi) is 4.73. The SMILES string of the molecule is O=c1c2c[nH]nc2c2cnc(Nc3cccc(Oc4ccccc4)c3)nc2n1-c1ccccc1. The smallest absolute Gasteiger partial charge is 0.267 e. The van der Waals surface area contributed by atoms with Crippen molar-refractivity contribution in [3.63, 3.8) is 0 Å². The quantitative estimate of drug-likeness (QED) is 0.378. The summed E-state index contributed by atoms with van der Waals surface area (Å²) in [5.74, 6) is 1.77. The molecule has 0 saturated heterocycles. The molecule has 0 aliphatic rings. The molecule has 0 fully saturated rings. The van der Waals surface area contributed by atoms with Crippen molar-refractivity contribution in [2.24, 2.45) is 0 Å². The Bertz CT molecular complexity index is 1680. The first-order valence-electron chi connectivity index (χ1n) is 10.7. The Morgan fingerprint density at radius 1 is 0.853 bits per heavy atom. The summed E-state index contributed by atoms with van der Waals surface area (Å²) in [5, 5.41) is 11.4. The fourth-order valence-electron chi connectivity index (χ4n) is 3.85. The lowest BCUT2D eigenvalue weighted by Crippen LogP contribution is -2.20. The van der Waals surface area contributed by atoms with Crippen molar-refractivity contribution in [1.29, 1.82) is 0 Å². The number of fused-ring (bicyclic) bond motifs is 3. The molecule has 0 radical (unpaired) electrons. The van der Waals surface area contributed by atoms with Gasteiger partial charge in [-0.2, -0.15) is 10.1 Å². The van der Waals surface area contributed by atoms with E-state index in [-0.39, 0.29) is 5.56 Å². The highest BCUT2D eigenvalue weighted by Gasteiger charge is 2.16. The van der Waals surface area contributed by atoms with Crippen LogP contribution >= 0.6 is 0 Å². The van der Waals surface area contributed by atoms with Gasteiger partial charge in [0.25, 0.3) is 5.56 Å². The van der Waals surface area contributed by atoms with E-state index in [1.54, 1.807) is 17.0 Å². The molecule has 6 aromatic rings. The average molecular weight is 446 g/mol. The van der Waals surface area contributed by atoms with Crippen molar-refractivity contribution in [2.75, 3.05) is 5.32 Å². The second kappa shape index (κ2) is 8.18. The molecule has 0 bridgehead atoms. The molecule has 0 spiro atoms. The number of anilines is 2. The Morgan fingerprint density at radius 2 is 1.62 bits per heavy atom. The first kappa shape index (κ1) is 19.7. The number of aromatic amines is 1. The van der Waals surface area contributed by atoms with Gasteiger partial charge in [-0.1, -0.05) is 42.5 Å². The van der Waals surface area contributed by atoms with Crippen molar-refractivity contribution in [3.8, 4) is 17.2 Å². The fraction of sp³-hybridized carbons (Fsp3) is 0. The van der Waals surface area contributed by atoms with Crippen LogP contribution in [0.15, 0.2) is 102 Å². The van der Waals surface area contributed by atoms with Crippen molar-refractivity contribution in [3.05, 3.63) is 108 Å². The summed E-state index contributed by atoms with van der Waals surface area (Å²) in [6, 6.07) is 26.5. The van der Waals surface area contributed by atoms with Crippen molar-refractivity contribution < 1.29 is 4.74 Å². The predicted molar refractivity (Wildman–Crippen MR) is 131 cm³/mol. The van der Waals surface area contributed by atoms with Crippen LogP contribution in [0.5, 0.6) is 11.5 Å². The normalized spacial score (nSPS) is 11.1. The molecular formula is C26H18N6O2. The van der Waals surface area contributed by atoms with E-state index in [0.717, 1.165) is 11.4 Å². The molecule has 8 nitrogen and oxygen atoms in total. The molecule has 3 heterocycles. The topological polar surface area (TPSA) is 97.7 Å². The second-order valence-corrected chi connectivity index (χ2v) is 7.62. The minimum atomic E-state index is -0.203. The summed E-state index contributed by atoms with van der Waals surface area (Å²) in [6.07, 6.45) is 3.28. The Labute approximate surface area is 193 Å². The predicted octanol–water partition coefficient (Wildman–Crippen LogP) is 5.19. The van der Waals surface area contributed by atoms with Crippen LogP contribution < -0.4 is 15.6 Å². The first-order chi connectivity index (χ1) is 16.8. The minimum Gasteiger partial charge on any atom is -0.457 e. The number of nitrogens with one attached hydrogen (secondary N) is 2. The van der Waals surface area contributed by atoms with Crippen LogP contribution in [0.25, 0.3) is 27.6 Å². The van der Waals surface area contributed by atoms with Gasteiger partial charge in [0.05, 0.1) is 16.5 Å². The Balaban J connectivity index is 1.43. The number of aromatic nitrogens is 5. The summed E-state index contributed by atoms with van der Waals surface area (Å²) in [5.41, 5.74) is 2.26. The lowest BCUT2D eigenvalue weighted by atomic mass is 10.2. The number of benzene rings is 3. The van der Waals surface area contributed by atoms with E-state index in [2.05, 4.69) is 20.5 Å². The van der Waals surface area contributed by atoms with Gasteiger partial charge in [-0.3, -0.25) is 14.5 Å². The maximum absolute atomic E-state index is 13.3. The second-order valence-electron chi connectivity index (χ2n) is 7.62. The van der Waals surface area contributed by atoms with Gasteiger partial charge in [0.1, 0.15) is 17.0 Å². The highest BCUT2D eigenvalue weighted by molar-refractivity contribution is 6.02. The molecule has 0 aliphatic carbocycles. The van der Waals surface area contributed by atoms with Crippen molar-refractivity contribution >= 4 is 33.6 Å². The fourth-order valence-corrected chi connectivity index (χ4v) is 3.85. The van der Waals surface area contributed by atoms with Gasteiger partial charge in [-0.05, 0) is 36.4 Å². The van der Waals surface area contributed by atoms with E-state index in [4.69, 9.17) is 9.72 Å². The molecule has 0 amide bonds. The molecule has 0 atom stereocenters. The summed E-state index contributed by atoms with van der Waals surface area (Å²) in [4.78, 5) is 22.5. The van der Waals surface area contributed by atoms with Crippen LogP contribution in [0.4, 0.5) is 11.6 Å². The highest BCUT2D eigenvalue weighted by Crippen LogP contribution is 2.27. The molecule has 34 heavy (non-hydrogen) atoms. The zero-order valence-electron chi connectivity index (χ0n) is 17.8. The highest BCUT2D eigenvalue weighted by atomic mass is 16.5. The first-order valence-corrected chi connectivity index (χ1v) is 10.7. The van der Waals surface area contributed by atoms with Gasteiger partial charge >= 0.3 is 0 Å². The van der Waals surface area contributed by atoms with E-state index < -0.39 is 0 Å². The molecule has 164 valence electrons. The van der Waals surface area contributed by atoms with Crippen molar-refractivity contribution in [2.45, 2.75) is 0 Å². The van der Waals surface area contributed by atoms with Gasteiger partial charge in [0.2, 0.25) is 5.95 Å². The summed E-state index contributed by atoms with van der Waals surface area (Å²) in [6.45, 7) is 0. The Morgan fingerprint density at radius 3 is 2.44 bits per heavy atom. The summed E-state index contributed by atoms with van der Waals surface area (Å²) in [7, 11) is 0. The molecule has 6 rings (SSSR count). The van der Waals surface area contributed by atoms with Gasteiger partial charge in [-0.25, -0.2) is 4.98 Å². The number of pyridine rings is 1. The van der Waals surface area contributed by atoms with E-state index in [9.17, 15) is 4.79 Å². The number of H-pyrrole nitrogens is 1. The third-order valence-electron chi connectivity index (χ3n) is 5.39. The largest absolute Gasteiger partial charge is 0.457 e. The van der Waals surface area contributed by atoms with Crippen LogP contribution in [0.3, 0.4) is 0 Å². The number of hydrogen-bond acceptors (Lipinski definition) is 6. The summed E-state index contributed by atoms with van der Waals surface area (Å²) >= 11 is 0. The van der Waals surface area contributed by atoms with E-state index in [0.29, 0.717) is 39.3 Å². The molecule has 3 aromatic heterocycles. The maximum Gasteiger partial charge on any atom is 0.267 e. The number of hydrogen-bond donors (Lipinski definition) is 2. The molecule has 3 aromatic carbocycles. The molecule has 0 unspecified atom stereocenters. The maximum atomic E-state index is 13.3. The number of rotatable bonds is 5. The molecule has 2 N–H and O–H groups in total. The third-order valence-corrected chi connectivity index (χ3v) is 5.39. The van der Waals surface area contributed by atoms with Crippen molar-refractivity contribution in [1.82, 2.24) is 24.7 Å². The van der Waals surface area contributed by atoms with E-state index in [1.165, 1.54) is 0 Å². The monoisotopic (exact) mass is 446 g/mol. The zero-order valence-corrected chi connectivity index (χ0v) is 17.8. The zero-order chi connectivity index (χ0) is 22.9. The molecule has 8 heteroatoms. The van der Waals surface area contributed by atoms with E-state index in [1.807, 2.05) is 84.9 Å². The number of para-hydroxylation sites is 2.